The third-order valence-corrected chi connectivity index (χ3v) is 9.57. The van der Waals surface area contributed by atoms with Crippen LogP contribution in [-0.4, -0.2) is 51.0 Å². The summed E-state index contributed by atoms with van der Waals surface area (Å²) in [7, 11) is -3.87. The Kier molecular flexibility index (Phi) is 10.1. The summed E-state index contributed by atoms with van der Waals surface area (Å²) >= 11 is 20.6. The van der Waals surface area contributed by atoms with Crippen LogP contribution in [0.2, 0.25) is 15.1 Å². The third kappa shape index (κ3) is 7.18. The van der Waals surface area contributed by atoms with Crippen molar-refractivity contribution in [3.8, 4) is 0 Å². The predicted octanol–water partition coefficient (Wildman–Crippen LogP) is 7.09. The van der Waals surface area contributed by atoms with Gasteiger partial charge >= 0.3 is 0 Å². The monoisotopic (exact) mass is 548 g/mol. The van der Waals surface area contributed by atoms with Crippen LogP contribution in [0.5, 0.6) is 0 Å². The lowest BCUT2D eigenvalue weighted by molar-refractivity contribution is 0.182. The van der Waals surface area contributed by atoms with Crippen LogP contribution in [-0.2, 0) is 10.0 Å². The van der Waals surface area contributed by atoms with Gasteiger partial charge in [0.15, 0.2) is 0 Å². The Morgan fingerprint density at radius 2 is 1.82 bits per heavy atom. The number of piperidine rings is 1. The molecule has 4 nitrogen and oxygen atoms in total. The van der Waals surface area contributed by atoms with Crippen molar-refractivity contribution in [3.63, 3.8) is 0 Å². The first-order chi connectivity index (χ1) is 15.7. The lowest BCUT2D eigenvalue weighted by Crippen LogP contribution is -2.40. The molecule has 0 spiro atoms. The summed E-state index contributed by atoms with van der Waals surface area (Å²) in [5, 5.41) is 1.27. The van der Waals surface area contributed by atoms with Crippen LogP contribution < -0.4 is 4.31 Å². The van der Waals surface area contributed by atoms with Gasteiger partial charge in [0.25, 0.3) is 10.0 Å². The Morgan fingerprint density at radius 3 is 2.52 bits per heavy atom. The van der Waals surface area contributed by atoms with E-state index in [2.05, 4.69) is 11.2 Å². The second-order valence-electron chi connectivity index (χ2n) is 8.61. The van der Waals surface area contributed by atoms with Gasteiger partial charge in [-0.15, -0.1) is 0 Å². The van der Waals surface area contributed by atoms with Crippen molar-refractivity contribution in [1.29, 1.82) is 0 Å². The largest absolute Gasteiger partial charge is 0.303 e. The van der Waals surface area contributed by atoms with Crippen molar-refractivity contribution in [2.45, 2.75) is 43.5 Å². The third-order valence-electron chi connectivity index (χ3n) is 6.02. The number of nitrogens with zero attached hydrogens (tertiary/aromatic N) is 2. The van der Waals surface area contributed by atoms with E-state index in [9.17, 15) is 8.42 Å². The molecule has 0 N–H and O–H groups in total. The lowest BCUT2D eigenvalue weighted by Gasteiger charge is -2.34. The smallest absolute Gasteiger partial charge is 0.264 e. The maximum atomic E-state index is 13.7. The summed E-state index contributed by atoms with van der Waals surface area (Å²) in [6, 6.07) is 10.8. The second kappa shape index (κ2) is 12.4. The molecule has 2 aromatic rings. The van der Waals surface area contributed by atoms with E-state index in [1.165, 1.54) is 35.0 Å². The second-order valence-corrected chi connectivity index (χ2v) is 12.6. The Labute approximate surface area is 217 Å². The predicted molar refractivity (Wildman–Crippen MR) is 144 cm³/mol. The molecule has 1 fully saturated rings. The summed E-state index contributed by atoms with van der Waals surface area (Å²) in [5.74, 6) is 1.95. The minimum absolute atomic E-state index is 0.172. The summed E-state index contributed by atoms with van der Waals surface area (Å²) in [5.41, 5.74) is 0.393. The number of thioether (sulfide) groups is 1. The van der Waals surface area contributed by atoms with Gasteiger partial charge in [-0.3, -0.25) is 4.31 Å². The average Bonchev–Trinajstić information content (AvgIpc) is 2.77. The molecule has 182 valence electrons. The van der Waals surface area contributed by atoms with Gasteiger partial charge in [-0.05, 0) is 106 Å². The minimum Gasteiger partial charge on any atom is -0.303 e. The molecule has 2 unspecified atom stereocenters. The zero-order valence-electron chi connectivity index (χ0n) is 19.0. The zero-order valence-corrected chi connectivity index (χ0v) is 22.9. The molecule has 3 rings (SSSR count). The molecule has 0 amide bonds. The molecule has 0 aliphatic carbocycles. The van der Waals surface area contributed by atoms with Crippen molar-refractivity contribution in [2.24, 2.45) is 5.92 Å². The molecule has 0 saturated carbocycles. The van der Waals surface area contributed by atoms with E-state index in [1.54, 1.807) is 30.3 Å². The van der Waals surface area contributed by atoms with E-state index >= 15 is 0 Å². The number of likely N-dealkylation sites (tertiary alicyclic amines) is 1. The van der Waals surface area contributed by atoms with Crippen molar-refractivity contribution < 1.29 is 8.42 Å². The number of rotatable bonds is 10. The van der Waals surface area contributed by atoms with E-state index in [-0.39, 0.29) is 10.9 Å². The number of anilines is 1. The standard InChI is InChI=1S/C24H31Cl3N2O2S2/c1-18(5-3-13-28-14-4-6-19(16-28)17-32-2)29(24-15-21(26)9-12-23(24)27)33(30,31)22-10-7-20(25)8-11-22/h7-12,15,18-19H,3-6,13-14,16-17H2,1-2H3. The fourth-order valence-electron chi connectivity index (χ4n) is 4.43. The van der Waals surface area contributed by atoms with Crippen molar-refractivity contribution >= 4 is 62.3 Å². The van der Waals surface area contributed by atoms with Gasteiger partial charge in [0.2, 0.25) is 0 Å². The highest BCUT2D eigenvalue weighted by Crippen LogP contribution is 2.35. The quantitative estimate of drug-likeness (QED) is 0.317. The van der Waals surface area contributed by atoms with E-state index < -0.39 is 10.0 Å². The van der Waals surface area contributed by atoms with Gasteiger partial charge in [-0.25, -0.2) is 8.42 Å². The van der Waals surface area contributed by atoms with Crippen molar-refractivity contribution in [3.05, 3.63) is 57.5 Å². The number of sulfonamides is 1. The number of benzene rings is 2. The van der Waals surface area contributed by atoms with Gasteiger partial charge in [-0.1, -0.05) is 34.8 Å². The first-order valence-corrected chi connectivity index (χ1v) is 15.2. The maximum Gasteiger partial charge on any atom is 0.264 e. The van der Waals surface area contributed by atoms with Gasteiger partial charge in [-0.2, -0.15) is 11.8 Å². The number of hydrogen-bond acceptors (Lipinski definition) is 4. The van der Waals surface area contributed by atoms with Crippen molar-refractivity contribution in [2.75, 3.05) is 35.9 Å². The molecule has 33 heavy (non-hydrogen) atoms. The molecule has 1 aliphatic heterocycles. The summed E-state index contributed by atoms with van der Waals surface area (Å²) in [4.78, 5) is 2.69. The normalized spacial score (nSPS) is 18.3. The van der Waals surface area contributed by atoms with E-state index in [0.717, 1.165) is 32.0 Å². The maximum absolute atomic E-state index is 13.7. The fourth-order valence-corrected chi connectivity index (χ4v) is 7.42. The lowest BCUT2D eigenvalue weighted by atomic mass is 9.99. The Morgan fingerprint density at radius 1 is 1.12 bits per heavy atom. The van der Waals surface area contributed by atoms with Crippen LogP contribution >= 0.6 is 46.6 Å². The Hall–Kier alpha value is -0.630. The highest BCUT2D eigenvalue weighted by atomic mass is 35.5. The molecule has 2 atom stereocenters. The SMILES string of the molecule is CSCC1CCCN(CCCC(C)N(c2cc(Cl)ccc2Cl)S(=O)(=O)c2ccc(Cl)cc2)C1. The molecule has 0 radical (unpaired) electrons. The molecular formula is C24H31Cl3N2O2S2. The van der Waals surface area contributed by atoms with Gasteiger partial charge < -0.3 is 4.90 Å². The zero-order chi connectivity index (χ0) is 24.0. The summed E-state index contributed by atoms with van der Waals surface area (Å²) in [6.45, 7) is 5.14. The number of hydrogen-bond donors (Lipinski definition) is 0. The van der Waals surface area contributed by atoms with Crippen LogP contribution in [0.25, 0.3) is 0 Å². The van der Waals surface area contributed by atoms with Crippen molar-refractivity contribution in [1.82, 2.24) is 4.90 Å². The highest BCUT2D eigenvalue weighted by molar-refractivity contribution is 7.98. The Bertz CT molecular complexity index is 1020. The van der Waals surface area contributed by atoms with Crippen LogP contribution in [0, 0.1) is 5.92 Å². The van der Waals surface area contributed by atoms with Gasteiger partial charge in [0.05, 0.1) is 15.6 Å². The molecule has 9 heteroatoms. The molecule has 0 aromatic heterocycles. The highest BCUT2D eigenvalue weighted by Gasteiger charge is 2.31. The molecule has 2 aromatic carbocycles. The van der Waals surface area contributed by atoms with Crippen LogP contribution in [0.4, 0.5) is 5.69 Å². The molecular weight excluding hydrogens is 519 g/mol. The van der Waals surface area contributed by atoms with Crippen LogP contribution in [0.3, 0.4) is 0 Å². The summed E-state index contributed by atoms with van der Waals surface area (Å²) in [6.07, 6.45) is 6.30. The molecule has 1 saturated heterocycles. The van der Waals surface area contributed by atoms with E-state index in [4.69, 9.17) is 34.8 Å². The van der Waals surface area contributed by atoms with Crippen LogP contribution in [0.15, 0.2) is 47.4 Å². The molecule has 1 heterocycles. The summed E-state index contributed by atoms with van der Waals surface area (Å²) < 4.78 is 28.8. The van der Waals surface area contributed by atoms with Crippen LogP contribution in [0.1, 0.15) is 32.6 Å². The van der Waals surface area contributed by atoms with E-state index in [0.29, 0.717) is 27.2 Å². The Balaban J connectivity index is 1.79. The average molecular weight is 550 g/mol. The number of halogens is 3. The van der Waals surface area contributed by atoms with Gasteiger partial charge in [0, 0.05) is 22.6 Å². The topological polar surface area (TPSA) is 40.6 Å². The first-order valence-electron chi connectivity index (χ1n) is 11.2. The van der Waals surface area contributed by atoms with Gasteiger partial charge in [0.1, 0.15) is 0 Å². The minimum atomic E-state index is -3.87. The molecule has 1 aliphatic rings. The van der Waals surface area contributed by atoms with E-state index in [1.807, 2.05) is 18.7 Å². The molecule has 0 bridgehead atoms. The fraction of sp³-hybridized carbons (Fsp3) is 0.500. The first kappa shape index (κ1) is 27.0.